The number of carbonyl (C=O) groups is 4. The Hall–Kier alpha value is -3.79. The molecule has 1 aromatic carbocycles. The highest BCUT2D eigenvalue weighted by Crippen LogP contribution is 2.41. The number of hydrogen-bond donors (Lipinski definition) is 3. The number of carbonyl (C=O) groups excluding carboxylic acids is 4. The topological polar surface area (TPSA) is 130 Å². The van der Waals surface area contributed by atoms with Crippen LogP contribution in [0, 0.1) is 17.3 Å². The van der Waals surface area contributed by atoms with E-state index in [1.165, 1.54) is 5.01 Å². The molecule has 10 nitrogen and oxygen atoms in total. The fourth-order valence-corrected chi connectivity index (χ4v) is 6.33. The lowest BCUT2D eigenvalue weighted by Crippen LogP contribution is -2.61. The molecule has 1 saturated heterocycles. The van der Waals surface area contributed by atoms with E-state index in [-0.39, 0.29) is 17.7 Å². The van der Waals surface area contributed by atoms with Gasteiger partial charge in [0.1, 0.15) is 24.2 Å². The Morgan fingerprint density at radius 3 is 2.43 bits per heavy atom. The number of esters is 1. The molecule has 236 valence electrons. The van der Waals surface area contributed by atoms with Crippen molar-refractivity contribution in [3.05, 3.63) is 47.7 Å². The van der Waals surface area contributed by atoms with E-state index in [4.69, 9.17) is 9.72 Å². The lowest BCUT2D eigenvalue weighted by Gasteiger charge is -2.37. The third kappa shape index (κ3) is 6.80. The van der Waals surface area contributed by atoms with E-state index in [9.17, 15) is 19.2 Å². The Morgan fingerprint density at radius 2 is 1.70 bits per heavy atom. The Bertz CT molecular complexity index is 1450. The van der Waals surface area contributed by atoms with Crippen molar-refractivity contribution < 1.29 is 23.9 Å². The standard InChI is InChI=1S/C34H45N5O5/c1-20(2)29-30(40)35-22(4)31(41)39-18-6-7-27(38-39)32(42)44-23(5)26-11-10-25-9-8-24(19-28(25)36-26)14-17-34(33(43)37-29)15-12-21(3)13-16-34/h8-11,14,17,19-23,27,29,38H,6-7,12-13,15-16,18H2,1-5H3,(H,35,40)(H,37,43)/b17-14+/t21-,22-,23+,27-,29-,34+/m0/s1. The van der Waals surface area contributed by atoms with Crippen LogP contribution in [-0.4, -0.2) is 58.4 Å². The molecule has 3 N–H and O–H groups in total. The largest absolute Gasteiger partial charge is 0.455 e. The molecule has 3 amide bonds. The SMILES string of the molecule is CC(C)[C@@H]1NC(=O)[C@]2(/C=C/c3ccc4ccc(nc4c3)[C@@H](C)OC(=O)[C@@H]3CCCN(N3)C(=O)[C@H](C)NC1=O)CC[C@H](C)CC2. The van der Waals surface area contributed by atoms with Gasteiger partial charge in [0.25, 0.3) is 5.91 Å². The number of nitrogens with one attached hydrogen (secondary N) is 3. The highest BCUT2D eigenvalue weighted by molar-refractivity contribution is 5.94. The van der Waals surface area contributed by atoms with E-state index in [0.717, 1.165) is 29.3 Å². The second-order valence-electron chi connectivity index (χ2n) is 13.2. The van der Waals surface area contributed by atoms with Gasteiger partial charge >= 0.3 is 5.97 Å². The predicted molar refractivity (Wildman–Crippen MR) is 168 cm³/mol. The number of ether oxygens (including phenoxy) is 1. The molecule has 1 aliphatic carbocycles. The first-order chi connectivity index (χ1) is 21.0. The van der Waals surface area contributed by atoms with Gasteiger partial charge in [-0.05, 0) is 81.9 Å². The highest BCUT2D eigenvalue weighted by Gasteiger charge is 2.41. The molecule has 3 aliphatic rings. The number of rotatable bonds is 1. The lowest BCUT2D eigenvalue weighted by atomic mass is 9.69. The monoisotopic (exact) mass is 603 g/mol. The van der Waals surface area contributed by atoms with Crippen LogP contribution in [0.3, 0.4) is 0 Å². The molecule has 1 saturated carbocycles. The molecule has 5 rings (SSSR count). The van der Waals surface area contributed by atoms with Crippen LogP contribution in [-0.2, 0) is 23.9 Å². The van der Waals surface area contributed by atoms with E-state index in [2.05, 4.69) is 23.0 Å². The number of aromatic nitrogens is 1. The summed E-state index contributed by atoms with van der Waals surface area (Å²) >= 11 is 0. The fraction of sp³-hybridized carbons (Fsp3) is 0.559. The van der Waals surface area contributed by atoms with Crippen molar-refractivity contribution >= 4 is 40.7 Å². The Kier molecular flexibility index (Phi) is 9.39. The minimum atomic E-state index is -0.873. The number of nitrogens with zero attached hydrogens (tertiary/aromatic N) is 2. The molecular weight excluding hydrogens is 558 g/mol. The predicted octanol–water partition coefficient (Wildman–Crippen LogP) is 4.20. The van der Waals surface area contributed by atoms with E-state index in [1.54, 1.807) is 13.8 Å². The average molecular weight is 604 g/mol. The van der Waals surface area contributed by atoms with Gasteiger partial charge in [-0.15, -0.1) is 0 Å². The van der Waals surface area contributed by atoms with Crippen LogP contribution < -0.4 is 16.1 Å². The van der Waals surface area contributed by atoms with Gasteiger partial charge in [0.15, 0.2) is 0 Å². The van der Waals surface area contributed by atoms with Gasteiger partial charge in [-0.3, -0.25) is 24.2 Å². The maximum Gasteiger partial charge on any atom is 0.325 e. The van der Waals surface area contributed by atoms with Gasteiger partial charge in [-0.25, -0.2) is 10.4 Å². The van der Waals surface area contributed by atoms with E-state index < -0.39 is 41.5 Å². The number of amides is 3. The Labute approximate surface area is 259 Å². The first kappa shape index (κ1) is 31.6. The fourth-order valence-electron chi connectivity index (χ4n) is 6.33. The molecular formula is C34H45N5O5. The summed E-state index contributed by atoms with van der Waals surface area (Å²) in [7, 11) is 0. The summed E-state index contributed by atoms with van der Waals surface area (Å²) in [6.45, 7) is 9.75. The van der Waals surface area contributed by atoms with Crippen LogP contribution in [0.1, 0.15) is 90.5 Å². The van der Waals surface area contributed by atoms with Crippen LogP contribution in [0.25, 0.3) is 17.0 Å². The zero-order valence-electron chi connectivity index (χ0n) is 26.4. The number of benzene rings is 1. The summed E-state index contributed by atoms with van der Waals surface area (Å²) in [6, 6.07) is 7.38. The molecule has 2 aromatic rings. The molecule has 2 fully saturated rings. The van der Waals surface area contributed by atoms with Crippen molar-refractivity contribution in [2.75, 3.05) is 6.54 Å². The van der Waals surface area contributed by atoms with Crippen molar-refractivity contribution in [3.8, 4) is 0 Å². The maximum atomic E-state index is 14.1. The summed E-state index contributed by atoms with van der Waals surface area (Å²) in [5.74, 6) is -1.11. The second-order valence-corrected chi connectivity index (χ2v) is 13.2. The summed E-state index contributed by atoms with van der Waals surface area (Å²) in [6.07, 6.45) is 7.65. The van der Waals surface area contributed by atoms with Crippen LogP contribution in [0.5, 0.6) is 0 Å². The molecule has 0 unspecified atom stereocenters. The van der Waals surface area contributed by atoms with Crippen molar-refractivity contribution in [1.29, 1.82) is 0 Å². The van der Waals surface area contributed by atoms with Gasteiger partial charge in [-0.2, -0.15) is 0 Å². The first-order valence-corrected chi connectivity index (χ1v) is 15.9. The summed E-state index contributed by atoms with van der Waals surface area (Å²) in [4.78, 5) is 58.9. The third-order valence-electron chi connectivity index (χ3n) is 9.36. The molecule has 0 radical (unpaired) electrons. The summed E-state index contributed by atoms with van der Waals surface area (Å²) in [5.41, 5.74) is 4.52. The number of cyclic esters (lactones) is 1. The quantitative estimate of drug-likeness (QED) is 0.417. The maximum absolute atomic E-state index is 14.1. The molecule has 3 heterocycles. The molecule has 2 aliphatic heterocycles. The van der Waals surface area contributed by atoms with Crippen LogP contribution in [0.2, 0.25) is 0 Å². The van der Waals surface area contributed by atoms with Crippen molar-refractivity contribution in [1.82, 2.24) is 26.1 Å². The van der Waals surface area contributed by atoms with Gasteiger partial charge < -0.3 is 15.4 Å². The minimum Gasteiger partial charge on any atom is -0.455 e. The zero-order chi connectivity index (χ0) is 31.6. The molecule has 1 spiro atoms. The number of hydrazine groups is 1. The summed E-state index contributed by atoms with van der Waals surface area (Å²) in [5, 5.41) is 8.20. The third-order valence-corrected chi connectivity index (χ3v) is 9.36. The van der Waals surface area contributed by atoms with Gasteiger partial charge in [-0.1, -0.05) is 51.1 Å². The van der Waals surface area contributed by atoms with Crippen LogP contribution >= 0.6 is 0 Å². The normalized spacial score (nSPS) is 31.5. The Morgan fingerprint density at radius 1 is 0.977 bits per heavy atom. The van der Waals surface area contributed by atoms with Gasteiger partial charge in [0.2, 0.25) is 11.8 Å². The van der Waals surface area contributed by atoms with Crippen molar-refractivity contribution in [2.45, 2.75) is 97.4 Å². The number of fused-ring (bicyclic) bond motifs is 4. The minimum absolute atomic E-state index is 0.175. The van der Waals surface area contributed by atoms with Crippen LogP contribution in [0.15, 0.2) is 36.4 Å². The number of pyridine rings is 1. The van der Waals surface area contributed by atoms with Gasteiger partial charge in [0.05, 0.1) is 16.6 Å². The lowest BCUT2D eigenvalue weighted by molar-refractivity contribution is -0.157. The highest BCUT2D eigenvalue weighted by atomic mass is 16.5. The average Bonchev–Trinajstić information content (AvgIpc) is 3.01. The first-order valence-electron chi connectivity index (χ1n) is 15.9. The Balaban J connectivity index is 1.53. The van der Waals surface area contributed by atoms with E-state index in [1.807, 2.05) is 56.3 Å². The smallest absolute Gasteiger partial charge is 0.325 e. The molecule has 1 aromatic heterocycles. The van der Waals surface area contributed by atoms with E-state index >= 15 is 0 Å². The summed E-state index contributed by atoms with van der Waals surface area (Å²) < 4.78 is 5.80. The van der Waals surface area contributed by atoms with E-state index in [0.29, 0.717) is 43.8 Å². The molecule has 44 heavy (non-hydrogen) atoms. The van der Waals surface area contributed by atoms with Crippen LogP contribution in [0.4, 0.5) is 0 Å². The molecule has 4 atom stereocenters. The van der Waals surface area contributed by atoms with Crippen molar-refractivity contribution in [2.24, 2.45) is 17.3 Å². The molecule has 10 heteroatoms. The molecule has 5 bridgehead atoms. The number of hydrogen-bond acceptors (Lipinski definition) is 7. The zero-order valence-corrected chi connectivity index (χ0v) is 26.4. The second kappa shape index (κ2) is 13.1. The van der Waals surface area contributed by atoms with Gasteiger partial charge in [0, 0.05) is 11.9 Å². The van der Waals surface area contributed by atoms with Crippen molar-refractivity contribution in [3.63, 3.8) is 0 Å².